The molecule has 1 aliphatic carbocycles. The molecule has 0 aromatic rings. The number of nitrogens with one attached hydrogen (secondary N) is 3. The first kappa shape index (κ1) is 25.8. The van der Waals surface area contributed by atoms with Crippen molar-refractivity contribution in [3.63, 3.8) is 0 Å². The van der Waals surface area contributed by atoms with Gasteiger partial charge in [0, 0.05) is 26.2 Å². The van der Waals surface area contributed by atoms with Crippen molar-refractivity contribution in [2.45, 2.75) is 53.0 Å². The largest absolute Gasteiger partial charge is 0.447 e. The van der Waals surface area contributed by atoms with Crippen LogP contribution in [0, 0.1) is 10.8 Å². The fraction of sp³-hybridized carbons (Fsp3) is 0.850. The molecule has 2 atom stereocenters. The molecule has 1 rings (SSSR count). The van der Waals surface area contributed by atoms with Crippen LogP contribution >= 0.6 is 0 Å². The molecule has 3 N–H and O–H groups in total. The van der Waals surface area contributed by atoms with E-state index in [1.54, 1.807) is 0 Å². The summed E-state index contributed by atoms with van der Waals surface area (Å²) in [5.41, 5.74) is -0.227. The van der Waals surface area contributed by atoms with Gasteiger partial charge < -0.3 is 34.9 Å². The minimum Gasteiger partial charge on any atom is -0.447 e. The third-order valence-electron chi connectivity index (χ3n) is 4.84. The lowest BCUT2D eigenvalue weighted by molar-refractivity contribution is 0.0538. The maximum atomic E-state index is 12.1. The summed E-state index contributed by atoms with van der Waals surface area (Å²) < 4.78 is 20.1. The topological polar surface area (TPSA) is 124 Å². The van der Waals surface area contributed by atoms with Gasteiger partial charge in [0.25, 0.3) is 0 Å². The molecular formula is C20H37N3O7. The molecule has 10 nitrogen and oxygen atoms in total. The van der Waals surface area contributed by atoms with Crippen molar-refractivity contribution in [2.75, 3.05) is 46.6 Å². The summed E-state index contributed by atoms with van der Waals surface area (Å²) in [5, 5.41) is 8.03. The van der Waals surface area contributed by atoms with Gasteiger partial charge in [-0.2, -0.15) is 0 Å². The molecule has 30 heavy (non-hydrogen) atoms. The Morgan fingerprint density at radius 1 is 0.900 bits per heavy atom. The van der Waals surface area contributed by atoms with Crippen LogP contribution in [0.25, 0.3) is 0 Å². The van der Waals surface area contributed by atoms with Crippen LogP contribution in [0.4, 0.5) is 14.4 Å². The molecule has 1 fully saturated rings. The van der Waals surface area contributed by atoms with E-state index in [0.29, 0.717) is 26.2 Å². The van der Waals surface area contributed by atoms with Crippen molar-refractivity contribution in [1.82, 2.24) is 16.0 Å². The second-order valence-corrected chi connectivity index (χ2v) is 8.61. The van der Waals surface area contributed by atoms with Crippen molar-refractivity contribution in [3.8, 4) is 0 Å². The quantitative estimate of drug-likeness (QED) is 0.358. The molecule has 0 aromatic heterocycles. The Bertz CT molecular complexity index is 571. The van der Waals surface area contributed by atoms with Gasteiger partial charge >= 0.3 is 18.3 Å². The van der Waals surface area contributed by atoms with Gasteiger partial charge in [-0.3, -0.25) is 0 Å². The number of amides is 3. The monoisotopic (exact) mass is 431 g/mol. The van der Waals surface area contributed by atoms with E-state index in [2.05, 4.69) is 36.7 Å². The third-order valence-corrected chi connectivity index (χ3v) is 4.84. The Hall–Kier alpha value is -2.23. The van der Waals surface area contributed by atoms with Crippen LogP contribution < -0.4 is 16.0 Å². The Labute approximate surface area is 178 Å². The fourth-order valence-corrected chi connectivity index (χ4v) is 4.09. The second kappa shape index (κ2) is 12.5. The molecule has 0 saturated heterocycles. The van der Waals surface area contributed by atoms with Crippen LogP contribution in [0.2, 0.25) is 0 Å². The summed E-state index contributed by atoms with van der Waals surface area (Å²) in [4.78, 5) is 35.0. The standard InChI is InChI=1S/C20H37N3O7/c1-6-27-7-8-29-17(25)22-14-20(4)12-15(11-19(2,3)13-20)23-18(26)30-10-9-28-16(24)21-5/h15H,6-14H2,1-5H3,(H,21,24)(H,22,25)(H,23,26). The van der Waals surface area contributed by atoms with Gasteiger partial charge in [-0.15, -0.1) is 0 Å². The molecule has 0 heterocycles. The van der Waals surface area contributed by atoms with E-state index in [1.165, 1.54) is 7.05 Å². The van der Waals surface area contributed by atoms with Crippen LogP contribution in [0.5, 0.6) is 0 Å². The number of rotatable bonds is 10. The predicted octanol–water partition coefficient (Wildman–Crippen LogP) is 2.42. The van der Waals surface area contributed by atoms with E-state index < -0.39 is 18.3 Å². The molecule has 0 radical (unpaired) electrons. The number of hydrogen-bond donors (Lipinski definition) is 3. The summed E-state index contributed by atoms with van der Waals surface area (Å²) >= 11 is 0. The van der Waals surface area contributed by atoms with Crippen LogP contribution in [0.1, 0.15) is 47.0 Å². The average molecular weight is 432 g/mol. The molecule has 3 amide bonds. The summed E-state index contributed by atoms with van der Waals surface area (Å²) in [6, 6.07) is -0.0955. The zero-order valence-corrected chi connectivity index (χ0v) is 18.8. The highest BCUT2D eigenvalue weighted by molar-refractivity contribution is 5.68. The van der Waals surface area contributed by atoms with Gasteiger partial charge in [0.1, 0.15) is 19.8 Å². The third kappa shape index (κ3) is 10.5. The van der Waals surface area contributed by atoms with Gasteiger partial charge in [-0.25, -0.2) is 14.4 Å². The maximum absolute atomic E-state index is 12.1. The van der Waals surface area contributed by atoms with E-state index in [9.17, 15) is 14.4 Å². The van der Waals surface area contributed by atoms with Crippen molar-refractivity contribution in [2.24, 2.45) is 10.8 Å². The normalized spacial score (nSPS) is 22.5. The van der Waals surface area contributed by atoms with Gasteiger partial charge in [-0.05, 0) is 37.0 Å². The predicted molar refractivity (Wildman–Crippen MR) is 110 cm³/mol. The number of carbonyl (C=O) groups is 3. The molecule has 10 heteroatoms. The van der Waals surface area contributed by atoms with Crippen molar-refractivity contribution in [1.29, 1.82) is 0 Å². The van der Waals surface area contributed by atoms with E-state index in [1.807, 2.05) is 6.92 Å². The van der Waals surface area contributed by atoms with Crippen LogP contribution in [-0.2, 0) is 18.9 Å². The van der Waals surface area contributed by atoms with Gasteiger partial charge in [0.15, 0.2) is 0 Å². The van der Waals surface area contributed by atoms with Crippen LogP contribution in [0.3, 0.4) is 0 Å². The molecule has 1 aliphatic rings. The number of hydrogen-bond acceptors (Lipinski definition) is 7. The highest BCUT2D eigenvalue weighted by Gasteiger charge is 2.42. The first-order valence-electron chi connectivity index (χ1n) is 10.4. The highest BCUT2D eigenvalue weighted by Crippen LogP contribution is 2.45. The first-order valence-corrected chi connectivity index (χ1v) is 10.4. The van der Waals surface area contributed by atoms with E-state index in [0.717, 1.165) is 12.8 Å². The Kier molecular flexibility index (Phi) is 10.7. The number of carbonyl (C=O) groups excluding carboxylic acids is 3. The minimum absolute atomic E-state index is 0.0176. The molecule has 0 bridgehead atoms. The SMILES string of the molecule is CCOCCOC(=O)NCC1(C)CC(NC(=O)OCCOC(=O)NC)CC(C)(C)C1. The molecule has 0 aliphatic heterocycles. The van der Waals surface area contributed by atoms with Gasteiger partial charge in [0.05, 0.1) is 6.61 Å². The molecule has 0 aromatic carbocycles. The summed E-state index contributed by atoms with van der Waals surface area (Å²) in [5.74, 6) is 0. The summed E-state index contributed by atoms with van der Waals surface area (Å²) in [7, 11) is 1.45. The van der Waals surface area contributed by atoms with E-state index in [-0.39, 0.29) is 36.7 Å². The molecule has 0 spiro atoms. The summed E-state index contributed by atoms with van der Waals surface area (Å²) in [6.07, 6.45) is 0.785. The lowest BCUT2D eigenvalue weighted by Crippen LogP contribution is -2.50. The van der Waals surface area contributed by atoms with Crippen molar-refractivity contribution >= 4 is 18.3 Å². The lowest BCUT2D eigenvalue weighted by Gasteiger charge is -2.46. The molecular weight excluding hydrogens is 394 g/mol. The average Bonchev–Trinajstić information content (AvgIpc) is 2.65. The fourth-order valence-electron chi connectivity index (χ4n) is 4.09. The van der Waals surface area contributed by atoms with Crippen molar-refractivity contribution < 1.29 is 33.3 Å². The Morgan fingerprint density at radius 3 is 2.13 bits per heavy atom. The van der Waals surface area contributed by atoms with Gasteiger partial charge in [-0.1, -0.05) is 20.8 Å². The van der Waals surface area contributed by atoms with Crippen LogP contribution in [-0.4, -0.2) is 70.9 Å². The molecule has 2 unspecified atom stereocenters. The zero-order chi connectivity index (χ0) is 22.6. The smallest absolute Gasteiger partial charge is 0.407 e. The minimum atomic E-state index is -0.576. The van der Waals surface area contributed by atoms with Crippen molar-refractivity contribution in [3.05, 3.63) is 0 Å². The van der Waals surface area contributed by atoms with Gasteiger partial charge in [0.2, 0.25) is 0 Å². The second-order valence-electron chi connectivity index (χ2n) is 8.61. The number of ether oxygens (including phenoxy) is 4. The first-order chi connectivity index (χ1) is 14.1. The molecule has 1 saturated carbocycles. The highest BCUT2D eigenvalue weighted by atomic mass is 16.6. The number of alkyl carbamates (subject to hydrolysis) is 3. The zero-order valence-electron chi connectivity index (χ0n) is 18.8. The summed E-state index contributed by atoms with van der Waals surface area (Å²) in [6.45, 7) is 9.81. The molecule has 174 valence electrons. The van der Waals surface area contributed by atoms with E-state index in [4.69, 9.17) is 18.9 Å². The maximum Gasteiger partial charge on any atom is 0.407 e. The Balaban J connectivity index is 2.46. The Morgan fingerprint density at radius 2 is 1.50 bits per heavy atom. The van der Waals surface area contributed by atoms with Crippen LogP contribution in [0.15, 0.2) is 0 Å². The lowest BCUT2D eigenvalue weighted by atomic mass is 9.62. The van der Waals surface area contributed by atoms with E-state index >= 15 is 0 Å².